The molecule has 6 nitrogen and oxygen atoms in total. The van der Waals surface area contributed by atoms with Crippen LogP contribution in [0, 0.1) is 6.92 Å². The number of phenols is 1. The first-order chi connectivity index (χ1) is 15.6. The van der Waals surface area contributed by atoms with Gasteiger partial charge in [-0.1, -0.05) is 12.1 Å². The maximum atomic E-state index is 9.36. The van der Waals surface area contributed by atoms with E-state index in [1.807, 2.05) is 43.6 Å². The maximum absolute atomic E-state index is 9.36. The minimum Gasteiger partial charge on any atom is -0.508 e. The fourth-order valence-corrected chi connectivity index (χ4v) is 4.02. The van der Waals surface area contributed by atoms with Gasteiger partial charge in [0.25, 0.3) is 0 Å². The van der Waals surface area contributed by atoms with Crippen LogP contribution in [0.4, 0.5) is 0 Å². The van der Waals surface area contributed by atoms with Crippen molar-refractivity contribution in [2.45, 2.75) is 25.8 Å². The van der Waals surface area contributed by atoms with Gasteiger partial charge in [-0.2, -0.15) is 5.10 Å². The van der Waals surface area contributed by atoms with Crippen LogP contribution in [0.5, 0.6) is 5.75 Å². The molecule has 32 heavy (non-hydrogen) atoms. The monoisotopic (exact) mass is 423 g/mol. The number of aryl methyl sites for hydroxylation is 2. The van der Waals surface area contributed by atoms with E-state index in [2.05, 4.69) is 44.8 Å². The van der Waals surface area contributed by atoms with Crippen LogP contribution in [0.15, 0.2) is 79.3 Å². The predicted octanol–water partition coefficient (Wildman–Crippen LogP) is 5.53. The summed E-state index contributed by atoms with van der Waals surface area (Å²) in [6.45, 7) is 2.10. The standard InChI is InChI=1S/C15H13N3O.C11H12N2/c1-18-10-14(11-6-8-16-9-7-11)15(17-18)12-2-4-13(19)5-3-12;1-8-12-10-4-2-3-5-11(10)13(8)9-6-7-9/h2-10,19H,1H3;2-5,9H,6-7H2,1H3. The Hall–Kier alpha value is -3.93. The van der Waals surface area contributed by atoms with Gasteiger partial charge in [-0.25, -0.2) is 4.98 Å². The Morgan fingerprint density at radius 3 is 2.34 bits per heavy atom. The minimum atomic E-state index is 0.255. The number of benzene rings is 2. The smallest absolute Gasteiger partial charge is 0.115 e. The second-order valence-electron chi connectivity index (χ2n) is 8.10. The van der Waals surface area contributed by atoms with E-state index in [4.69, 9.17) is 0 Å². The van der Waals surface area contributed by atoms with Gasteiger partial charge >= 0.3 is 0 Å². The second-order valence-corrected chi connectivity index (χ2v) is 8.10. The molecule has 2 aromatic carbocycles. The molecule has 6 rings (SSSR count). The normalized spacial score (nSPS) is 13.1. The van der Waals surface area contributed by atoms with Gasteiger partial charge in [0.1, 0.15) is 17.3 Å². The molecule has 1 aliphatic carbocycles. The number of rotatable bonds is 3. The first-order valence-corrected chi connectivity index (χ1v) is 10.8. The zero-order valence-corrected chi connectivity index (χ0v) is 18.2. The Kier molecular flexibility index (Phi) is 5.19. The lowest BCUT2D eigenvalue weighted by molar-refractivity contribution is 0.475. The quantitative estimate of drug-likeness (QED) is 0.414. The SMILES string of the molecule is Cc1nc2ccccc2n1C1CC1.Cn1cc(-c2ccncc2)c(-c2ccc(O)cc2)n1. The largest absolute Gasteiger partial charge is 0.508 e. The highest BCUT2D eigenvalue weighted by Crippen LogP contribution is 2.38. The molecule has 0 radical (unpaired) electrons. The number of aromatic hydroxyl groups is 1. The van der Waals surface area contributed by atoms with E-state index in [0.29, 0.717) is 0 Å². The third kappa shape index (κ3) is 3.99. The van der Waals surface area contributed by atoms with E-state index < -0.39 is 0 Å². The molecule has 0 unspecified atom stereocenters. The lowest BCUT2D eigenvalue weighted by Gasteiger charge is -2.02. The number of para-hydroxylation sites is 2. The van der Waals surface area contributed by atoms with Crippen molar-refractivity contribution in [2.75, 3.05) is 0 Å². The summed E-state index contributed by atoms with van der Waals surface area (Å²) >= 11 is 0. The summed E-state index contributed by atoms with van der Waals surface area (Å²) in [4.78, 5) is 8.57. The molecular formula is C26H25N5O. The molecule has 1 fully saturated rings. The molecule has 0 bridgehead atoms. The number of hydrogen-bond acceptors (Lipinski definition) is 4. The van der Waals surface area contributed by atoms with Gasteiger partial charge in [-0.05, 0) is 73.9 Å². The first kappa shape index (κ1) is 20.0. The molecule has 0 aliphatic heterocycles. The third-order valence-electron chi connectivity index (χ3n) is 5.65. The fraction of sp³-hybridized carbons (Fsp3) is 0.192. The number of imidazole rings is 1. The molecule has 6 heteroatoms. The molecule has 3 aromatic heterocycles. The van der Waals surface area contributed by atoms with Crippen molar-refractivity contribution in [3.63, 3.8) is 0 Å². The highest BCUT2D eigenvalue weighted by atomic mass is 16.3. The van der Waals surface area contributed by atoms with Gasteiger partial charge < -0.3 is 9.67 Å². The van der Waals surface area contributed by atoms with Crippen LogP contribution in [-0.4, -0.2) is 29.4 Å². The van der Waals surface area contributed by atoms with Crippen molar-refractivity contribution in [1.29, 1.82) is 0 Å². The highest BCUT2D eigenvalue weighted by molar-refractivity contribution is 5.80. The Labute approximate surface area is 186 Å². The Morgan fingerprint density at radius 2 is 1.62 bits per heavy atom. The van der Waals surface area contributed by atoms with Crippen LogP contribution in [0.1, 0.15) is 24.7 Å². The minimum absolute atomic E-state index is 0.255. The van der Waals surface area contributed by atoms with Crippen molar-refractivity contribution in [3.8, 4) is 28.1 Å². The van der Waals surface area contributed by atoms with Crippen LogP contribution >= 0.6 is 0 Å². The van der Waals surface area contributed by atoms with Gasteiger partial charge in [-0.3, -0.25) is 9.67 Å². The Bertz CT molecular complexity index is 1350. The molecule has 1 aliphatic rings. The summed E-state index contributed by atoms with van der Waals surface area (Å²) < 4.78 is 4.16. The molecule has 0 saturated heterocycles. The highest BCUT2D eigenvalue weighted by Gasteiger charge is 2.26. The van der Waals surface area contributed by atoms with Crippen LogP contribution in [-0.2, 0) is 7.05 Å². The predicted molar refractivity (Wildman–Crippen MR) is 126 cm³/mol. The maximum Gasteiger partial charge on any atom is 0.115 e. The van der Waals surface area contributed by atoms with Crippen molar-refractivity contribution in [2.24, 2.45) is 7.05 Å². The van der Waals surface area contributed by atoms with Crippen LogP contribution in [0.2, 0.25) is 0 Å². The van der Waals surface area contributed by atoms with Gasteiger partial charge in [0.2, 0.25) is 0 Å². The summed E-state index contributed by atoms with van der Waals surface area (Å²) in [7, 11) is 1.90. The zero-order valence-electron chi connectivity index (χ0n) is 18.2. The van der Waals surface area contributed by atoms with Crippen molar-refractivity contribution < 1.29 is 5.11 Å². The molecule has 0 amide bonds. The summed E-state index contributed by atoms with van der Waals surface area (Å²) in [6, 6.07) is 20.1. The van der Waals surface area contributed by atoms with E-state index in [-0.39, 0.29) is 5.75 Å². The topological polar surface area (TPSA) is 68.8 Å². The van der Waals surface area contributed by atoms with Gasteiger partial charge in [0.15, 0.2) is 0 Å². The second kappa shape index (κ2) is 8.30. The summed E-state index contributed by atoms with van der Waals surface area (Å²) in [5, 5.41) is 13.9. The van der Waals surface area contributed by atoms with Crippen molar-refractivity contribution in [3.05, 3.63) is 85.1 Å². The van der Waals surface area contributed by atoms with Gasteiger partial charge in [-0.15, -0.1) is 0 Å². The molecular weight excluding hydrogens is 398 g/mol. The summed E-state index contributed by atoms with van der Waals surface area (Å²) in [6.07, 6.45) is 8.16. The summed E-state index contributed by atoms with van der Waals surface area (Å²) in [5.41, 5.74) is 6.43. The number of hydrogen-bond donors (Lipinski definition) is 1. The van der Waals surface area contributed by atoms with E-state index in [1.54, 1.807) is 29.2 Å². The molecule has 3 heterocycles. The van der Waals surface area contributed by atoms with E-state index in [0.717, 1.165) is 39.8 Å². The molecule has 0 atom stereocenters. The molecule has 5 aromatic rings. The van der Waals surface area contributed by atoms with E-state index in [1.165, 1.54) is 18.4 Å². The van der Waals surface area contributed by atoms with Crippen LogP contribution < -0.4 is 0 Å². The van der Waals surface area contributed by atoms with E-state index in [9.17, 15) is 5.11 Å². The number of fused-ring (bicyclic) bond motifs is 1. The third-order valence-corrected chi connectivity index (χ3v) is 5.65. The number of phenolic OH excluding ortho intramolecular Hbond substituents is 1. The number of aromatic nitrogens is 5. The average Bonchev–Trinajstić information content (AvgIpc) is 3.48. The zero-order chi connectivity index (χ0) is 22.1. The Morgan fingerprint density at radius 1 is 0.906 bits per heavy atom. The average molecular weight is 424 g/mol. The van der Waals surface area contributed by atoms with Gasteiger partial charge in [0.05, 0.1) is 11.0 Å². The lowest BCUT2D eigenvalue weighted by Crippen LogP contribution is -1.95. The van der Waals surface area contributed by atoms with Crippen molar-refractivity contribution >= 4 is 11.0 Å². The molecule has 1 saturated carbocycles. The van der Waals surface area contributed by atoms with Gasteiger partial charge in [0, 0.05) is 42.8 Å². The molecule has 1 N–H and O–H groups in total. The first-order valence-electron chi connectivity index (χ1n) is 10.8. The molecule has 160 valence electrons. The number of nitrogens with zero attached hydrogens (tertiary/aromatic N) is 5. The molecule has 0 spiro atoms. The Balaban J connectivity index is 0.000000144. The number of pyridine rings is 1. The summed E-state index contributed by atoms with van der Waals surface area (Å²) in [5.74, 6) is 1.41. The van der Waals surface area contributed by atoms with Crippen LogP contribution in [0.25, 0.3) is 33.4 Å². The lowest BCUT2D eigenvalue weighted by atomic mass is 10.0. The van der Waals surface area contributed by atoms with E-state index >= 15 is 0 Å². The fourth-order valence-electron chi connectivity index (χ4n) is 4.02. The van der Waals surface area contributed by atoms with Crippen molar-refractivity contribution in [1.82, 2.24) is 24.3 Å². The van der Waals surface area contributed by atoms with Crippen LogP contribution in [0.3, 0.4) is 0 Å².